The third-order valence-electron chi connectivity index (χ3n) is 2.48. The van der Waals surface area contributed by atoms with Gasteiger partial charge >= 0.3 is 0 Å². The van der Waals surface area contributed by atoms with E-state index in [1.807, 2.05) is 0 Å². The van der Waals surface area contributed by atoms with Crippen molar-refractivity contribution in [3.8, 4) is 5.75 Å². The number of nitrogens with one attached hydrogen (secondary N) is 2. The predicted octanol–water partition coefficient (Wildman–Crippen LogP) is 2.29. The minimum Gasteiger partial charge on any atom is -0.495 e. The molecule has 1 amide bonds. The molecule has 0 aliphatic heterocycles. The van der Waals surface area contributed by atoms with E-state index >= 15 is 0 Å². The third kappa shape index (κ3) is 2.95. The van der Waals surface area contributed by atoms with E-state index in [0.29, 0.717) is 11.4 Å². The number of amides is 1. The molecule has 98 valence electrons. The Morgan fingerprint density at radius 3 is 2.79 bits per heavy atom. The van der Waals surface area contributed by atoms with Crippen LogP contribution in [-0.2, 0) is 0 Å². The van der Waals surface area contributed by atoms with Gasteiger partial charge in [-0.05, 0) is 18.2 Å². The van der Waals surface area contributed by atoms with Gasteiger partial charge in [-0.1, -0.05) is 23.7 Å². The van der Waals surface area contributed by atoms with Crippen LogP contribution in [0.3, 0.4) is 0 Å². The van der Waals surface area contributed by atoms with Crippen molar-refractivity contribution < 1.29 is 9.53 Å². The Labute approximate surface area is 114 Å². The summed E-state index contributed by atoms with van der Waals surface area (Å²) in [6.45, 7) is 0. The van der Waals surface area contributed by atoms with Crippen LogP contribution < -0.4 is 15.6 Å². The molecule has 2 N–H and O–H groups in total. The van der Waals surface area contributed by atoms with Crippen LogP contribution in [0, 0.1) is 0 Å². The van der Waals surface area contributed by atoms with Crippen LogP contribution in [0.5, 0.6) is 5.75 Å². The molecule has 0 atom stereocenters. The molecule has 0 bridgehead atoms. The zero-order valence-corrected chi connectivity index (χ0v) is 10.8. The summed E-state index contributed by atoms with van der Waals surface area (Å²) >= 11 is 5.67. The number of rotatable bonds is 3. The van der Waals surface area contributed by atoms with Crippen LogP contribution in [0.4, 0.5) is 5.69 Å². The van der Waals surface area contributed by atoms with Gasteiger partial charge in [0.2, 0.25) is 0 Å². The number of carbonyl (C=O) groups is 1. The summed E-state index contributed by atoms with van der Waals surface area (Å²) in [5.41, 5.74) is 0.364. The zero-order valence-electron chi connectivity index (χ0n) is 10.1. The molecule has 1 aromatic carbocycles. The maximum atomic E-state index is 12.0. The normalized spacial score (nSPS) is 10.0. The number of aromatic amines is 1. The Hall–Kier alpha value is -2.27. The van der Waals surface area contributed by atoms with Crippen molar-refractivity contribution in [2.45, 2.75) is 0 Å². The maximum absolute atomic E-state index is 12.0. The van der Waals surface area contributed by atoms with Crippen molar-refractivity contribution in [1.29, 1.82) is 0 Å². The van der Waals surface area contributed by atoms with E-state index in [4.69, 9.17) is 16.3 Å². The van der Waals surface area contributed by atoms with Gasteiger partial charge in [-0.3, -0.25) is 9.59 Å². The second-order valence-electron chi connectivity index (χ2n) is 3.72. The average molecular weight is 279 g/mol. The predicted molar refractivity (Wildman–Crippen MR) is 73.0 cm³/mol. The Morgan fingerprint density at radius 1 is 1.37 bits per heavy atom. The summed E-state index contributed by atoms with van der Waals surface area (Å²) in [5.74, 6) is 0.161. The number of anilines is 1. The lowest BCUT2D eigenvalue weighted by Crippen LogP contribution is -2.15. The quantitative estimate of drug-likeness (QED) is 0.905. The van der Waals surface area contributed by atoms with Gasteiger partial charge in [-0.25, -0.2) is 0 Å². The molecule has 1 heterocycles. The highest BCUT2D eigenvalue weighted by Gasteiger charge is 2.10. The van der Waals surface area contributed by atoms with Crippen molar-refractivity contribution in [2.24, 2.45) is 0 Å². The summed E-state index contributed by atoms with van der Waals surface area (Å²) in [6, 6.07) is 8.33. The number of hydrogen-bond acceptors (Lipinski definition) is 3. The number of methoxy groups -OCH3 is 1. The van der Waals surface area contributed by atoms with Gasteiger partial charge in [-0.2, -0.15) is 0 Å². The lowest BCUT2D eigenvalue weighted by Gasteiger charge is -2.09. The molecule has 0 fully saturated rings. The standard InChI is InChI=1S/C13H11ClN2O3/c1-19-11-5-3-2-4-10(11)16-12(17)8-6-9(14)13(18)15-7-8/h2-7H,1H3,(H,15,18)(H,16,17). The van der Waals surface area contributed by atoms with E-state index < -0.39 is 5.56 Å². The molecule has 0 aliphatic carbocycles. The van der Waals surface area contributed by atoms with E-state index in [2.05, 4.69) is 10.3 Å². The molecule has 0 saturated heterocycles. The van der Waals surface area contributed by atoms with Gasteiger partial charge in [0, 0.05) is 6.20 Å². The Morgan fingerprint density at radius 2 is 2.11 bits per heavy atom. The average Bonchev–Trinajstić information content (AvgIpc) is 2.42. The van der Waals surface area contributed by atoms with Crippen molar-refractivity contribution in [1.82, 2.24) is 4.98 Å². The molecule has 2 aromatic rings. The molecule has 0 aliphatic rings. The highest BCUT2D eigenvalue weighted by molar-refractivity contribution is 6.30. The zero-order chi connectivity index (χ0) is 13.8. The first-order chi connectivity index (χ1) is 9.11. The Kier molecular flexibility index (Phi) is 3.87. The van der Waals surface area contributed by atoms with Gasteiger partial charge in [0.05, 0.1) is 18.4 Å². The molecule has 0 spiro atoms. The summed E-state index contributed by atoms with van der Waals surface area (Å²) in [7, 11) is 1.52. The summed E-state index contributed by atoms with van der Waals surface area (Å²) < 4.78 is 5.13. The number of para-hydroxylation sites is 2. The molecule has 2 rings (SSSR count). The fourth-order valence-corrected chi connectivity index (χ4v) is 1.70. The lowest BCUT2D eigenvalue weighted by atomic mass is 10.2. The summed E-state index contributed by atoms with van der Waals surface area (Å²) in [5, 5.41) is 2.65. The molecule has 1 aromatic heterocycles. The lowest BCUT2D eigenvalue weighted by molar-refractivity contribution is 0.102. The number of H-pyrrole nitrogens is 1. The van der Waals surface area contributed by atoms with Gasteiger partial charge < -0.3 is 15.0 Å². The number of halogens is 1. The second-order valence-corrected chi connectivity index (χ2v) is 4.13. The fraction of sp³-hybridized carbons (Fsp3) is 0.0769. The van der Waals surface area contributed by atoms with Crippen LogP contribution in [0.1, 0.15) is 10.4 Å². The van der Waals surface area contributed by atoms with Gasteiger partial charge in [0.25, 0.3) is 11.5 Å². The number of aromatic nitrogens is 1. The number of pyridine rings is 1. The highest BCUT2D eigenvalue weighted by Crippen LogP contribution is 2.23. The van der Waals surface area contributed by atoms with E-state index in [0.717, 1.165) is 0 Å². The van der Waals surface area contributed by atoms with Crippen molar-refractivity contribution in [3.63, 3.8) is 0 Å². The SMILES string of the molecule is COc1ccccc1NC(=O)c1c[nH]c(=O)c(Cl)c1. The minimum absolute atomic E-state index is 0.0346. The second kappa shape index (κ2) is 5.58. The van der Waals surface area contributed by atoms with Crippen LogP contribution in [0.25, 0.3) is 0 Å². The number of hydrogen-bond donors (Lipinski definition) is 2. The van der Waals surface area contributed by atoms with E-state index in [9.17, 15) is 9.59 Å². The van der Waals surface area contributed by atoms with Crippen LogP contribution in [-0.4, -0.2) is 18.0 Å². The molecular formula is C13H11ClN2O3. The van der Waals surface area contributed by atoms with Crippen molar-refractivity contribution >= 4 is 23.2 Å². The molecule has 5 nitrogen and oxygen atoms in total. The van der Waals surface area contributed by atoms with Crippen LogP contribution in [0.15, 0.2) is 41.3 Å². The first kappa shape index (κ1) is 13.2. The summed E-state index contributed by atoms with van der Waals surface area (Å²) in [6.07, 6.45) is 1.30. The topological polar surface area (TPSA) is 71.2 Å². The minimum atomic E-state index is -0.435. The number of carbonyl (C=O) groups excluding carboxylic acids is 1. The Balaban J connectivity index is 2.25. The van der Waals surface area contributed by atoms with Crippen LogP contribution in [0.2, 0.25) is 5.02 Å². The largest absolute Gasteiger partial charge is 0.495 e. The first-order valence-corrected chi connectivity index (χ1v) is 5.82. The van der Waals surface area contributed by atoms with Gasteiger partial charge in [-0.15, -0.1) is 0 Å². The van der Waals surface area contributed by atoms with Crippen LogP contribution >= 0.6 is 11.6 Å². The van der Waals surface area contributed by atoms with Crippen molar-refractivity contribution in [2.75, 3.05) is 12.4 Å². The molecule has 19 heavy (non-hydrogen) atoms. The molecule has 0 saturated carbocycles. The monoisotopic (exact) mass is 278 g/mol. The molecule has 0 radical (unpaired) electrons. The maximum Gasteiger partial charge on any atom is 0.266 e. The smallest absolute Gasteiger partial charge is 0.266 e. The van der Waals surface area contributed by atoms with E-state index in [-0.39, 0.29) is 16.5 Å². The first-order valence-electron chi connectivity index (χ1n) is 5.44. The number of ether oxygens (including phenoxy) is 1. The van der Waals surface area contributed by atoms with E-state index in [1.165, 1.54) is 19.4 Å². The highest BCUT2D eigenvalue weighted by atomic mass is 35.5. The molecule has 6 heteroatoms. The Bertz CT molecular complexity index is 667. The number of benzene rings is 1. The molecular weight excluding hydrogens is 268 g/mol. The van der Waals surface area contributed by atoms with Gasteiger partial charge in [0.1, 0.15) is 10.8 Å². The fourth-order valence-electron chi connectivity index (χ4n) is 1.53. The van der Waals surface area contributed by atoms with Gasteiger partial charge in [0.15, 0.2) is 0 Å². The molecule has 0 unspecified atom stereocenters. The van der Waals surface area contributed by atoms with E-state index in [1.54, 1.807) is 24.3 Å². The summed E-state index contributed by atoms with van der Waals surface area (Å²) in [4.78, 5) is 25.5. The van der Waals surface area contributed by atoms with Crippen molar-refractivity contribution in [3.05, 3.63) is 57.5 Å². The third-order valence-corrected chi connectivity index (χ3v) is 2.76.